The van der Waals surface area contributed by atoms with Crippen molar-refractivity contribution in [3.8, 4) is 5.69 Å². The Balaban J connectivity index is 1.55. The minimum Gasteiger partial charge on any atom is -0.450 e. The number of hydrogen-bond acceptors (Lipinski definition) is 4. The summed E-state index contributed by atoms with van der Waals surface area (Å²) in [4.78, 5) is 29.9. The molecule has 0 aliphatic rings. The number of hydrogen-bond donors (Lipinski definition) is 0. The molecule has 0 radical (unpaired) electrons. The highest BCUT2D eigenvalue weighted by molar-refractivity contribution is 6.02. The summed E-state index contributed by atoms with van der Waals surface area (Å²) in [6, 6.07) is 22.6. The van der Waals surface area contributed by atoms with Gasteiger partial charge in [-0.25, -0.2) is 9.78 Å². The molecule has 0 bridgehead atoms. The van der Waals surface area contributed by atoms with Crippen molar-refractivity contribution in [1.82, 2.24) is 9.55 Å². The molecule has 4 rings (SSSR count). The number of rotatable bonds is 5. The van der Waals surface area contributed by atoms with Crippen LogP contribution in [0.5, 0.6) is 0 Å². The zero-order valence-electron chi connectivity index (χ0n) is 17.1. The molecule has 0 aliphatic heterocycles. The van der Waals surface area contributed by atoms with E-state index < -0.39 is 12.1 Å². The molecular weight excluding hydrogens is 376 g/mol. The van der Waals surface area contributed by atoms with Crippen molar-refractivity contribution in [2.45, 2.75) is 26.9 Å². The molecule has 1 atom stereocenters. The fourth-order valence-electron chi connectivity index (χ4n) is 3.66. The Kier molecular flexibility index (Phi) is 5.19. The predicted molar refractivity (Wildman–Crippen MR) is 116 cm³/mol. The van der Waals surface area contributed by atoms with E-state index in [1.807, 2.05) is 85.1 Å². The number of aromatic nitrogens is 2. The second-order valence-electron chi connectivity index (χ2n) is 7.26. The van der Waals surface area contributed by atoms with Gasteiger partial charge in [-0.3, -0.25) is 4.79 Å². The van der Waals surface area contributed by atoms with Crippen LogP contribution in [0.2, 0.25) is 0 Å². The molecule has 2 aromatic carbocycles. The molecule has 4 aromatic rings. The maximum atomic E-state index is 13.0. The fourth-order valence-corrected chi connectivity index (χ4v) is 3.66. The van der Waals surface area contributed by atoms with Crippen LogP contribution < -0.4 is 0 Å². The first-order chi connectivity index (χ1) is 14.5. The summed E-state index contributed by atoms with van der Waals surface area (Å²) in [6.07, 6.45) is -0.921. The van der Waals surface area contributed by atoms with Crippen LogP contribution in [-0.2, 0) is 4.74 Å². The van der Waals surface area contributed by atoms with Crippen LogP contribution in [-0.4, -0.2) is 27.4 Å². The second kappa shape index (κ2) is 7.95. The lowest BCUT2D eigenvalue weighted by Gasteiger charge is -2.13. The molecule has 0 spiro atoms. The summed E-state index contributed by atoms with van der Waals surface area (Å²) in [7, 11) is 0. The van der Waals surface area contributed by atoms with E-state index in [0.29, 0.717) is 11.1 Å². The van der Waals surface area contributed by atoms with E-state index in [4.69, 9.17) is 4.74 Å². The number of Topliss-reactive ketones (excluding diaryl/α,β-unsaturated/α-hetero) is 1. The molecule has 5 heteroatoms. The smallest absolute Gasteiger partial charge is 0.357 e. The van der Waals surface area contributed by atoms with Gasteiger partial charge in [-0.2, -0.15) is 0 Å². The van der Waals surface area contributed by atoms with Gasteiger partial charge in [-0.15, -0.1) is 0 Å². The molecule has 5 nitrogen and oxygen atoms in total. The number of ketones is 1. The molecule has 30 heavy (non-hydrogen) atoms. The van der Waals surface area contributed by atoms with Gasteiger partial charge in [0.25, 0.3) is 0 Å². The average Bonchev–Trinajstić information content (AvgIpc) is 3.07. The van der Waals surface area contributed by atoms with Gasteiger partial charge in [0.1, 0.15) is 5.69 Å². The van der Waals surface area contributed by atoms with Gasteiger partial charge in [0.15, 0.2) is 6.10 Å². The molecule has 0 amide bonds. The van der Waals surface area contributed by atoms with Crippen molar-refractivity contribution in [2.24, 2.45) is 0 Å². The van der Waals surface area contributed by atoms with Crippen LogP contribution in [0, 0.1) is 13.8 Å². The normalized spacial score (nSPS) is 12.0. The van der Waals surface area contributed by atoms with Crippen molar-refractivity contribution in [3.63, 3.8) is 0 Å². The summed E-state index contributed by atoms with van der Waals surface area (Å²) in [5, 5.41) is 0.937. The van der Waals surface area contributed by atoms with Gasteiger partial charge in [0, 0.05) is 28.0 Å². The Hall–Kier alpha value is -3.73. The Morgan fingerprint density at radius 2 is 1.63 bits per heavy atom. The first-order valence-corrected chi connectivity index (χ1v) is 9.81. The molecule has 150 valence electrons. The molecule has 0 fully saturated rings. The number of pyridine rings is 1. The highest BCUT2D eigenvalue weighted by Crippen LogP contribution is 2.23. The van der Waals surface area contributed by atoms with Crippen molar-refractivity contribution in [1.29, 1.82) is 0 Å². The van der Waals surface area contributed by atoms with E-state index in [2.05, 4.69) is 4.98 Å². The van der Waals surface area contributed by atoms with Crippen molar-refractivity contribution in [2.75, 3.05) is 0 Å². The van der Waals surface area contributed by atoms with Gasteiger partial charge >= 0.3 is 5.97 Å². The van der Waals surface area contributed by atoms with Crippen LogP contribution >= 0.6 is 0 Å². The molecule has 0 unspecified atom stereocenters. The third-order valence-electron chi connectivity index (χ3n) is 5.17. The van der Waals surface area contributed by atoms with E-state index >= 15 is 0 Å². The maximum absolute atomic E-state index is 13.0. The number of esters is 1. The van der Waals surface area contributed by atoms with Crippen LogP contribution in [0.15, 0.2) is 72.8 Å². The number of fused-ring (bicyclic) bond motifs is 1. The molecule has 2 aromatic heterocycles. The number of benzene rings is 2. The zero-order valence-corrected chi connectivity index (χ0v) is 17.1. The van der Waals surface area contributed by atoms with Crippen molar-refractivity contribution >= 4 is 22.7 Å². The molecule has 0 aliphatic carbocycles. The van der Waals surface area contributed by atoms with Gasteiger partial charge in [-0.1, -0.05) is 42.5 Å². The predicted octanol–water partition coefficient (Wildman–Crippen LogP) is 5.07. The Labute approximate surface area is 174 Å². The number of carbonyl (C=O) groups excluding carboxylic acids is 2. The van der Waals surface area contributed by atoms with Crippen molar-refractivity contribution < 1.29 is 14.3 Å². The lowest BCUT2D eigenvalue weighted by atomic mass is 10.1. The van der Waals surface area contributed by atoms with Crippen LogP contribution in [0.25, 0.3) is 16.6 Å². The van der Waals surface area contributed by atoms with Gasteiger partial charge in [0.2, 0.25) is 5.78 Å². The number of carbonyl (C=O) groups is 2. The number of para-hydroxylation sites is 2. The monoisotopic (exact) mass is 398 g/mol. The minimum absolute atomic E-state index is 0.183. The maximum Gasteiger partial charge on any atom is 0.357 e. The summed E-state index contributed by atoms with van der Waals surface area (Å²) >= 11 is 0. The second-order valence-corrected chi connectivity index (χ2v) is 7.26. The largest absolute Gasteiger partial charge is 0.450 e. The highest BCUT2D eigenvalue weighted by Gasteiger charge is 2.25. The van der Waals surface area contributed by atoms with E-state index in [0.717, 1.165) is 22.5 Å². The first kappa shape index (κ1) is 19.6. The van der Waals surface area contributed by atoms with E-state index in [1.165, 1.54) is 0 Å². The van der Waals surface area contributed by atoms with Gasteiger partial charge in [0.05, 0.1) is 5.52 Å². The molecular formula is C25H22N2O3. The highest BCUT2D eigenvalue weighted by atomic mass is 16.5. The topological polar surface area (TPSA) is 61.2 Å². The van der Waals surface area contributed by atoms with Gasteiger partial charge < -0.3 is 9.30 Å². The SMILES string of the molecule is Cc1cc(C(=O)[C@@H](C)OC(=O)c2ccc3ccccc3n2)c(C)n1-c1ccccc1. The Bertz CT molecular complexity index is 1240. The standard InChI is InChI=1S/C25H22N2O3/c1-16-15-21(17(2)27(16)20-10-5-4-6-11-20)24(28)18(3)30-25(29)23-14-13-19-9-7-8-12-22(19)26-23/h4-15,18H,1-3H3/t18-/m1/s1. The van der Waals surface area contributed by atoms with Crippen LogP contribution in [0.4, 0.5) is 0 Å². The quantitative estimate of drug-likeness (QED) is 0.348. The third kappa shape index (κ3) is 3.62. The first-order valence-electron chi connectivity index (χ1n) is 9.81. The molecule has 0 N–H and O–H groups in total. The summed E-state index contributed by atoms with van der Waals surface area (Å²) in [6.45, 7) is 5.44. The zero-order chi connectivity index (χ0) is 21.3. The van der Waals surface area contributed by atoms with E-state index in [-0.39, 0.29) is 11.5 Å². The molecule has 0 saturated heterocycles. The van der Waals surface area contributed by atoms with Crippen molar-refractivity contribution in [3.05, 3.63) is 95.4 Å². The molecule has 2 heterocycles. The van der Waals surface area contributed by atoms with E-state index in [9.17, 15) is 9.59 Å². The van der Waals surface area contributed by atoms with Gasteiger partial charge in [-0.05, 0) is 51.1 Å². The minimum atomic E-state index is -0.921. The van der Waals surface area contributed by atoms with E-state index in [1.54, 1.807) is 13.0 Å². The average molecular weight is 398 g/mol. The summed E-state index contributed by atoms with van der Waals surface area (Å²) in [5.74, 6) is -0.849. The summed E-state index contributed by atoms with van der Waals surface area (Å²) in [5.41, 5.74) is 4.17. The number of ether oxygens (including phenoxy) is 1. The Morgan fingerprint density at radius 3 is 2.40 bits per heavy atom. The lowest BCUT2D eigenvalue weighted by molar-refractivity contribution is 0.0313. The summed E-state index contributed by atoms with van der Waals surface area (Å²) < 4.78 is 7.47. The molecule has 0 saturated carbocycles. The number of nitrogens with zero attached hydrogens (tertiary/aromatic N) is 2. The number of aryl methyl sites for hydroxylation is 1. The Morgan fingerprint density at radius 1 is 0.933 bits per heavy atom. The fraction of sp³-hybridized carbons (Fsp3) is 0.160. The van der Waals surface area contributed by atoms with Crippen LogP contribution in [0.1, 0.15) is 39.2 Å². The lowest BCUT2D eigenvalue weighted by Crippen LogP contribution is -2.25. The van der Waals surface area contributed by atoms with Crippen LogP contribution in [0.3, 0.4) is 0 Å². The third-order valence-corrected chi connectivity index (χ3v) is 5.17.